The molecule has 0 spiro atoms. The second-order valence-corrected chi connectivity index (χ2v) is 6.76. The van der Waals surface area contributed by atoms with Crippen molar-refractivity contribution in [3.63, 3.8) is 0 Å². The van der Waals surface area contributed by atoms with E-state index in [4.69, 9.17) is 11.6 Å². The molecular weight excluding hydrogens is 431 g/mol. The molecule has 0 N–H and O–H groups in total. The molecule has 2 heterocycles. The van der Waals surface area contributed by atoms with Gasteiger partial charge in [0, 0.05) is 22.9 Å². The third kappa shape index (κ3) is 4.29. The van der Waals surface area contributed by atoms with Gasteiger partial charge >= 0.3 is 12.8 Å². The molecule has 0 aliphatic rings. The molecule has 156 valence electrons. The van der Waals surface area contributed by atoms with Crippen LogP contribution in [0.25, 0.3) is 16.9 Å². The Labute approximate surface area is 179 Å². The van der Waals surface area contributed by atoms with Crippen LogP contribution in [0.4, 0.5) is 19.0 Å². The Kier molecular flexibility index (Phi) is 5.73. The summed E-state index contributed by atoms with van der Waals surface area (Å²) in [7, 11) is 0. The molecule has 0 fully saturated rings. The fourth-order valence-corrected chi connectivity index (χ4v) is 3.31. The van der Waals surface area contributed by atoms with E-state index in [0.717, 1.165) is 0 Å². The highest BCUT2D eigenvalue weighted by molar-refractivity contribution is 6.33. The largest absolute Gasteiger partial charge is 0.393 e. The Morgan fingerprint density at radius 3 is 2.42 bits per heavy atom. The Bertz CT molecular complexity index is 1290. The predicted molar refractivity (Wildman–Crippen MR) is 111 cm³/mol. The maximum atomic E-state index is 13.8. The van der Waals surface area contributed by atoms with E-state index in [2.05, 4.69) is 14.7 Å². The van der Waals surface area contributed by atoms with E-state index in [-0.39, 0.29) is 17.3 Å². The number of rotatable bonds is 5. The predicted octanol–water partition coefficient (Wildman–Crippen LogP) is 6.08. The number of fused-ring (bicyclic) bond motifs is 1. The normalized spacial score (nSPS) is 11.8. The summed E-state index contributed by atoms with van der Waals surface area (Å²) in [5.41, 5.74) is 1.77. The molecular formula is C22H13ClF3N3O2. The molecule has 0 saturated carbocycles. The molecule has 0 unspecified atom stereocenters. The number of halogens is 4. The van der Waals surface area contributed by atoms with Crippen LogP contribution in [-0.2, 0) is 4.74 Å². The number of imidazole rings is 1. The van der Waals surface area contributed by atoms with E-state index in [9.17, 15) is 18.0 Å². The molecule has 0 amide bonds. The van der Waals surface area contributed by atoms with E-state index in [1.165, 1.54) is 10.6 Å². The molecule has 0 aliphatic heterocycles. The lowest BCUT2D eigenvalue weighted by Gasteiger charge is -2.07. The van der Waals surface area contributed by atoms with Gasteiger partial charge in [-0.2, -0.15) is 13.8 Å². The van der Waals surface area contributed by atoms with Gasteiger partial charge in [0.1, 0.15) is 11.3 Å². The monoisotopic (exact) mass is 443 g/mol. The number of carbonyl (C=O) groups is 1. The lowest BCUT2D eigenvalue weighted by molar-refractivity contribution is -0.0688. The van der Waals surface area contributed by atoms with Crippen LogP contribution in [0.2, 0.25) is 5.02 Å². The number of hydrogen-bond donors (Lipinski definition) is 0. The van der Waals surface area contributed by atoms with E-state index in [1.54, 1.807) is 66.7 Å². The number of nitrogens with zero attached hydrogens (tertiary/aromatic N) is 3. The van der Waals surface area contributed by atoms with Gasteiger partial charge in [0.2, 0.25) is 0 Å². The first kappa shape index (κ1) is 20.6. The van der Waals surface area contributed by atoms with Gasteiger partial charge in [-0.25, -0.2) is 4.98 Å². The zero-order chi connectivity index (χ0) is 22.0. The molecule has 0 bridgehead atoms. The Hall–Kier alpha value is -3.65. The summed E-state index contributed by atoms with van der Waals surface area (Å²) >= 11 is 6.31. The minimum absolute atomic E-state index is 0.219. The summed E-state index contributed by atoms with van der Waals surface area (Å²) in [4.78, 5) is 20.5. The van der Waals surface area contributed by atoms with E-state index < -0.39 is 12.8 Å². The van der Waals surface area contributed by atoms with Gasteiger partial charge in [0.15, 0.2) is 11.6 Å². The van der Waals surface area contributed by atoms with Crippen LogP contribution in [0.5, 0.6) is 0 Å². The number of ketones is 1. The summed E-state index contributed by atoms with van der Waals surface area (Å²) < 4.78 is 43.7. The number of benzene rings is 2. The van der Waals surface area contributed by atoms with Crippen molar-refractivity contribution >= 4 is 35.0 Å². The van der Waals surface area contributed by atoms with Crippen LogP contribution in [0.1, 0.15) is 15.9 Å². The minimum atomic E-state index is -3.38. The van der Waals surface area contributed by atoms with Crippen molar-refractivity contribution in [2.24, 2.45) is 4.99 Å². The number of ether oxygens (including phenoxy) is 1. The lowest BCUT2D eigenvalue weighted by Crippen LogP contribution is -2.04. The van der Waals surface area contributed by atoms with Crippen molar-refractivity contribution in [3.8, 4) is 11.3 Å². The zero-order valence-electron chi connectivity index (χ0n) is 15.7. The maximum absolute atomic E-state index is 13.8. The SMILES string of the molecule is O=C(c1ccccc1)c1ccc2nc(N=C(F)OC(F)F)c(-c3ccccc3Cl)n2c1. The molecule has 0 saturated heterocycles. The highest BCUT2D eigenvalue weighted by Gasteiger charge is 2.20. The van der Waals surface area contributed by atoms with E-state index >= 15 is 0 Å². The highest BCUT2D eigenvalue weighted by Crippen LogP contribution is 2.36. The minimum Gasteiger partial charge on any atom is -0.393 e. The first-order valence-corrected chi connectivity index (χ1v) is 9.37. The topological polar surface area (TPSA) is 56.0 Å². The molecule has 0 aliphatic carbocycles. The summed E-state index contributed by atoms with van der Waals surface area (Å²) in [5.74, 6) is -0.464. The Morgan fingerprint density at radius 1 is 1.00 bits per heavy atom. The van der Waals surface area contributed by atoms with Gasteiger partial charge in [-0.05, 0) is 18.2 Å². The van der Waals surface area contributed by atoms with Crippen LogP contribution in [0, 0.1) is 0 Å². The van der Waals surface area contributed by atoms with Crippen LogP contribution in [0.3, 0.4) is 0 Å². The van der Waals surface area contributed by atoms with Gasteiger partial charge in [-0.15, -0.1) is 4.39 Å². The van der Waals surface area contributed by atoms with Crippen molar-refractivity contribution in [1.29, 1.82) is 0 Å². The van der Waals surface area contributed by atoms with Crippen LogP contribution in [-0.4, -0.2) is 27.9 Å². The third-order valence-corrected chi connectivity index (χ3v) is 4.74. The van der Waals surface area contributed by atoms with Crippen LogP contribution < -0.4 is 0 Å². The summed E-state index contributed by atoms with van der Waals surface area (Å²) in [6.07, 6.45) is -0.228. The van der Waals surface area contributed by atoms with Crippen LogP contribution in [0.15, 0.2) is 77.9 Å². The fraction of sp³-hybridized carbons (Fsp3) is 0.0455. The molecule has 9 heteroatoms. The number of carbonyl (C=O) groups excluding carboxylic acids is 1. The molecule has 31 heavy (non-hydrogen) atoms. The van der Waals surface area contributed by atoms with E-state index in [1.807, 2.05) is 0 Å². The van der Waals surface area contributed by atoms with Gasteiger partial charge in [-0.1, -0.05) is 60.1 Å². The number of aliphatic imine (C=N–C) groups is 1. The summed E-state index contributed by atoms with van der Waals surface area (Å²) in [6.45, 7) is -3.38. The van der Waals surface area contributed by atoms with Crippen molar-refractivity contribution in [2.45, 2.75) is 6.61 Å². The molecule has 0 radical (unpaired) electrons. The van der Waals surface area contributed by atoms with Crippen molar-refractivity contribution < 1.29 is 22.7 Å². The number of pyridine rings is 1. The quantitative estimate of drug-likeness (QED) is 0.213. The zero-order valence-corrected chi connectivity index (χ0v) is 16.4. The van der Waals surface area contributed by atoms with Crippen molar-refractivity contribution in [2.75, 3.05) is 0 Å². The van der Waals surface area contributed by atoms with Crippen molar-refractivity contribution in [1.82, 2.24) is 9.38 Å². The molecule has 5 nitrogen and oxygen atoms in total. The first-order chi connectivity index (χ1) is 14.9. The van der Waals surface area contributed by atoms with Gasteiger partial charge in [0.25, 0.3) is 0 Å². The molecule has 4 aromatic rings. The molecule has 4 rings (SSSR count). The fourth-order valence-electron chi connectivity index (χ4n) is 3.09. The van der Waals surface area contributed by atoms with Gasteiger partial charge in [-0.3, -0.25) is 9.20 Å². The lowest BCUT2D eigenvalue weighted by atomic mass is 10.1. The first-order valence-electron chi connectivity index (χ1n) is 9.00. The van der Waals surface area contributed by atoms with E-state index in [0.29, 0.717) is 27.4 Å². The molecule has 2 aromatic heterocycles. The maximum Gasteiger partial charge on any atom is 0.390 e. The highest BCUT2D eigenvalue weighted by atomic mass is 35.5. The van der Waals surface area contributed by atoms with Crippen molar-refractivity contribution in [3.05, 3.63) is 89.1 Å². The smallest absolute Gasteiger partial charge is 0.390 e. The van der Waals surface area contributed by atoms with Gasteiger partial charge < -0.3 is 4.74 Å². The number of hydrogen-bond acceptors (Lipinski definition) is 4. The molecule has 2 aromatic carbocycles. The Morgan fingerprint density at radius 2 is 1.71 bits per heavy atom. The van der Waals surface area contributed by atoms with Crippen LogP contribution >= 0.6 is 11.6 Å². The van der Waals surface area contributed by atoms with Gasteiger partial charge in [0.05, 0.1) is 5.02 Å². The summed E-state index contributed by atoms with van der Waals surface area (Å²) in [5, 5.41) is 0.302. The summed E-state index contributed by atoms with van der Waals surface area (Å²) in [6, 6.07) is 18.4. The Balaban J connectivity index is 1.91. The third-order valence-electron chi connectivity index (χ3n) is 4.41. The standard InChI is InChI=1S/C22H13ClF3N3O2/c23-16-9-5-4-8-15(16)18-20(28-22(26)31-21(24)25)27-17-11-10-14(12-29(17)18)19(30)13-6-2-1-3-7-13/h1-12,21H. The number of aromatic nitrogens is 2. The average Bonchev–Trinajstić information content (AvgIpc) is 3.10. The second-order valence-electron chi connectivity index (χ2n) is 6.35. The second kappa shape index (κ2) is 8.61. The average molecular weight is 444 g/mol. The number of alkyl halides is 2. The molecule has 0 atom stereocenters.